The second-order valence-corrected chi connectivity index (χ2v) is 5.08. The monoisotopic (exact) mass is 239 g/mol. The van der Waals surface area contributed by atoms with Gasteiger partial charge in [0.1, 0.15) is 0 Å². The Bertz CT molecular complexity index is 543. The zero-order valence-corrected chi connectivity index (χ0v) is 11.6. The molecule has 0 spiro atoms. The van der Waals surface area contributed by atoms with Crippen molar-refractivity contribution in [2.45, 2.75) is 33.7 Å². The largest absolute Gasteiger partial charge is 0.379 e. The van der Waals surface area contributed by atoms with Crippen molar-refractivity contribution in [3.63, 3.8) is 0 Å². The highest BCUT2D eigenvalue weighted by Gasteiger charge is 2.06. The van der Waals surface area contributed by atoms with E-state index in [0.29, 0.717) is 6.04 Å². The van der Waals surface area contributed by atoms with Gasteiger partial charge in [0.2, 0.25) is 0 Å². The summed E-state index contributed by atoms with van der Waals surface area (Å²) in [6.07, 6.45) is 0. The molecular formula is C17H21N. The van der Waals surface area contributed by atoms with E-state index in [1.807, 2.05) is 0 Å². The number of aryl methyl sites for hydroxylation is 3. The van der Waals surface area contributed by atoms with Crippen molar-refractivity contribution < 1.29 is 0 Å². The number of benzene rings is 2. The minimum absolute atomic E-state index is 0.325. The van der Waals surface area contributed by atoms with Crippen LogP contribution in [0.5, 0.6) is 0 Å². The first-order chi connectivity index (χ1) is 8.56. The minimum Gasteiger partial charge on any atom is -0.379 e. The summed E-state index contributed by atoms with van der Waals surface area (Å²) < 4.78 is 0. The molecule has 0 radical (unpaired) electrons. The first kappa shape index (κ1) is 12.7. The summed E-state index contributed by atoms with van der Waals surface area (Å²) in [5.41, 5.74) is 6.50. The molecule has 0 saturated carbocycles. The number of hydrogen-bond donors (Lipinski definition) is 1. The maximum absolute atomic E-state index is 3.55. The van der Waals surface area contributed by atoms with E-state index >= 15 is 0 Å². The molecule has 1 atom stereocenters. The van der Waals surface area contributed by atoms with Gasteiger partial charge in [0.05, 0.1) is 0 Å². The standard InChI is InChI=1S/C17H21N/c1-12-6-5-7-17(10-12)18-15(4)16-9-8-13(2)14(3)11-16/h5-11,15,18H,1-4H3. The van der Waals surface area contributed by atoms with Crippen LogP contribution in [0.25, 0.3) is 0 Å². The van der Waals surface area contributed by atoms with Gasteiger partial charge in [-0.1, -0.05) is 30.3 Å². The third kappa shape index (κ3) is 2.92. The van der Waals surface area contributed by atoms with Crippen LogP contribution in [0.2, 0.25) is 0 Å². The van der Waals surface area contributed by atoms with E-state index in [9.17, 15) is 0 Å². The van der Waals surface area contributed by atoms with Crippen molar-refractivity contribution in [2.24, 2.45) is 0 Å². The molecule has 0 amide bonds. The average molecular weight is 239 g/mol. The highest BCUT2D eigenvalue weighted by Crippen LogP contribution is 2.21. The van der Waals surface area contributed by atoms with Crippen LogP contribution >= 0.6 is 0 Å². The average Bonchev–Trinajstić information content (AvgIpc) is 2.32. The van der Waals surface area contributed by atoms with E-state index in [1.54, 1.807) is 0 Å². The minimum atomic E-state index is 0.325. The Morgan fingerprint density at radius 1 is 0.889 bits per heavy atom. The fourth-order valence-electron chi connectivity index (χ4n) is 2.10. The van der Waals surface area contributed by atoms with E-state index in [1.165, 1.54) is 27.9 Å². The lowest BCUT2D eigenvalue weighted by Crippen LogP contribution is -2.07. The molecule has 2 aromatic carbocycles. The van der Waals surface area contributed by atoms with E-state index in [0.717, 1.165) is 0 Å². The Morgan fingerprint density at radius 2 is 1.67 bits per heavy atom. The fraction of sp³-hybridized carbons (Fsp3) is 0.294. The van der Waals surface area contributed by atoms with Crippen LogP contribution in [0.4, 0.5) is 5.69 Å². The maximum atomic E-state index is 3.55. The van der Waals surface area contributed by atoms with Gasteiger partial charge in [-0.25, -0.2) is 0 Å². The molecule has 2 rings (SSSR count). The molecule has 0 bridgehead atoms. The van der Waals surface area contributed by atoms with Gasteiger partial charge in [0.15, 0.2) is 0 Å². The van der Waals surface area contributed by atoms with Crippen molar-refractivity contribution in [1.82, 2.24) is 0 Å². The zero-order chi connectivity index (χ0) is 13.1. The topological polar surface area (TPSA) is 12.0 Å². The molecule has 1 N–H and O–H groups in total. The number of nitrogens with one attached hydrogen (secondary N) is 1. The zero-order valence-electron chi connectivity index (χ0n) is 11.6. The summed E-state index contributed by atoms with van der Waals surface area (Å²) in [5.74, 6) is 0. The van der Waals surface area contributed by atoms with Crippen LogP contribution in [0.1, 0.15) is 35.2 Å². The summed E-state index contributed by atoms with van der Waals surface area (Å²) in [5, 5.41) is 3.55. The van der Waals surface area contributed by atoms with Gasteiger partial charge in [-0.05, 0) is 62.1 Å². The molecule has 0 aromatic heterocycles. The molecule has 1 unspecified atom stereocenters. The fourth-order valence-corrected chi connectivity index (χ4v) is 2.10. The lowest BCUT2D eigenvalue weighted by atomic mass is 10.0. The van der Waals surface area contributed by atoms with Crippen molar-refractivity contribution in [3.8, 4) is 0 Å². The molecule has 0 saturated heterocycles. The Hall–Kier alpha value is -1.76. The predicted octanol–water partition coefficient (Wildman–Crippen LogP) is 4.78. The van der Waals surface area contributed by atoms with Gasteiger partial charge in [-0.2, -0.15) is 0 Å². The number of hydrogen-bond acceptors (Lipinski definition) is 1. The summed E-state index contributed by atoms with van der Waals surface area (Å²) in [7, 11) is 0. The second-order valence-electron chi connectivity index (χ2n) is 5.08. The summed E-state index contributed by atoms with van der Waals surface area (Å²) in [4.78, 5) is 0. The lowest BCUT2D eigenvalue weighted by molar-refractivity contribution is 0.881. The van der Waals surface area contributed by atoms with Crippen LogP contribution in [-0.2, 0) is 0 Å². The van der Waals surface area contributed by atoms with Crippen molar-refractivity contribution in [2.75, 3.05) is 5.32 Å². The molecule has 0 aliphatic heterocycles. The quantitative estimate of drug-likeness (QED) is 0.812. The third-order valence-electron chi connectivity index (χ3n) is 3.43. The van der Waals surface area contributed by atoms with E-state index in [2.05, 4.69) is 75.5 Å². The molecule has 0 fully saturated rings. The molecule has 94 valence electrons. The Morgan fingerprint density at radius 3 is 2.33 bits per heavy atom. The molecule has 1 heteroatoms. The molecule has 0 aliphatic rings. The third-order valence-corrected chi connectivity index (χ3v) is 3.43. The summed E-state index contributed by atoms with van der Waals surface area (Å²) in [6.45, 7) is 8.63. The van der Waals surface area contributed by atoms with Crippen LogP contribution in [0.3, 0.4) is 0 Å². The Labute approximate surface area is 110 Å². The SMILES string of the molecule is Cc1cccc(NC(C)c2ccc(C)c(C)c2)c1. The van der Waals surface area contributed by atoms with Gasteiger partial charge in [-0.3, -0.25) is 0 Å². The molecule has 1 nitrogen and oxygen atoms in total. The second kappa shape index (κ2) is 5.26. The molecular weight excluding hydrogens is 218 g/mol. The molecule has 18 heavy (non-hydrogen) atoms. The van der Waals surface area contributed by atoms with Crippen molar-refractivity contribution >= 4 is 5.69 Å². The highest BCUT2D eigenvalue weighted by molar-refractivity contribution is 5.47. The maximum Gasteiger partial charge on any atom is 0.0485 e. The van der Waals surface area contributed by atoms with Crippen molar-refractivity contribution in [3.05, 3.63) is 64.7 Å². The molecule has 0 aliphatic carbocycles. The summed E-state index contributed by atoms with van der Waals surface area (Å²) in [6, 6.07) is 15.5. The highest BCUT2D eigenvalue weighted by atomic mass is 14.9. The summed E-state index contributed by atoms with van der Waals surface area (Å²) >= 11 is 0. The van der Waals surface area contributed by atoms with Crippen LogP contribution in [-0.4, -0.2) is 0 Å². The first-order valence-corrected chi connectivity index (χ1v) is 6.46. The van der Waals surface area contributed by atoms with Crippen LogP contribution in [0.15, 0.2) is 42.5 Å². The van der Waals surface area contributed by atoms with Gasteiger partial charge in [-0.15, -0.1) is 0 Å². The lowest BCUT2D eigenvalue weighted by Gasteiger charge is -2.17. The van der Waals surface area contributed by atoms with Gasteiger partial charge in [0.25, 0.3) is 0 Å². The van der Waals surface area contributed by atoms with Crippen molar-refractivity contribution in [1.29, 1.82) is 0 Å². The van der Waals surface area contributed by atoms with Gasteiger partial charge in [0, 0.05) is 11.7 Å². The molecule has 0 heterocycles. The molecule has 2 aromatic rings. The number of rotatable bonds is 3. The van der Waals surface area contributed by atoms with Gasteiger partial charge < -0.3 is 5.32 Å². The van der Waals surface area contributed by atoms with Crippen LogP contribution < -0.4 is 5.32 Å². The predicted molar refractivity (Wildman–Crippen MR) is 79.1 cm³/mol. The van der Waals surface area contributed by atoms with E-state index < -0.39 is 0 Å². The van der Waals surface area contributed by atoms with E-state index in [-0.39, 0.29) is 0 Å². The Balaban J connectivity index is 2.16. The normalized spacial score (nSPS) is 12.2. The van der Waals surface area contributed by atoms with Gasteiger partial charge >= 0.3 is 0 Å². The smallest absolute Gasteiger partial charge is 0.0485 e. The van der Waals surface area contributed by atoms with E-state index in [4.69, 9.17) is 0 Å². The first-order valence-electron chi connectivity index (χ1n) is 6.46. The Kier molecular flexibility index (Phi) is 3.71. The number of anilines is 1. The van der Waals surface area contributed by atoms with Crippen LogP contribution in [0, 0.1) is 20.8 Å².